The van der Waals surface area contributed by atoms with Crippen LogP contribution in [0.5, 0.6) is 5.88 Å². The number of nitrogens with zero attached hydrogens (tertiary/aromatic N) is 5. The maximum atomic E-state index is 12.5. The number of nitrogens with one attached hydrogen (secondary N) is 2. The van der Waals surface area contributed by atoms with E-state index in [1.165, 1.54) is 12.3 Å². The number of hydrogen-bond acceptors (Lipinski definition) is 7. The maximum Gasteiger partial charge on any atom is 0.388 e. The molecule has 3 aromatic rings. The van der Waals surface area contributed by atoms with Crippen molar-refractivity contribution < 1.29 is 18.3 Å². The van der Waals surface area contributed by atoms with E-state index in [1.807, 2.05) is 45.0 Å². The van der Waals surface area contributed by atoms with Crippen molar-refractivity contribution in [3.63, 3.8) is 0 Å². The zero-order chi connectivity index (χ0) is 24.4. The van der Waals surface area contributed by atoms with Crippen LogP contribution >= 0.6 is 0 Å². The highest BCUT2D eigenvalue weighted by Gasteiger charge is 2.34. The summed E-state index contributed by atoms with van der Waals surface area (Å²) in [6.07, 6.45) is 5.13. The lowest BCUT2D eigenvalue weighted by atomic mass is 9.98. The largest absolute Gasteiger partial charge is 0.417 e. The van der Waals surface area contributed by atoms with Gasteiger partial charge in [0.05, 0.1) is 29.8 Å². The highest BCUT2D eigenvalue weighted by Crippen LogP contribution is 2.36. The van der Waals surface area contributed by atoms with Crippen molar-refractivity contribution in [3.8, 4) is 5.88 Å². The van der Waals surface area contributed by atoms with Gasteiger partial charge in [-0.25, -0.2) is 9.97 Å². The molecule has 2 N–H and O–H groups in total. The highest BCUT2D eigenvalue weighted by molar-refractivity contribution is 6.04. The number of carbonyl (C=O) groups is 1. The molecule has 1 aliphatic heterocycles. The first-order chi connectivity index (χ1) is 16.2. The number of amides is 1. The number of likely N-dealkylation sites (N-methyl/N-ethyl adjacent to an activating group) is 1. The van der Waals surface area contributed by atoms with Gasteiger partial charge in [-0.2, -0.15) is 13.9 Å². The van der Waals surface area contributed by atoms with Crippen LogP contribution in [0.4, 0.5) is 26.0 Å². The van der Waals surface area contributed by atoms with Crippen molar-refractivity contribution in [1.29, 1.82) is 0 Å². The van der Waals surface area contributed by atoms with Gasteiger partial charge in [0.1, 0.15) is 11.9 Å². The van der Waals surface area contributed by atoms with Gasteiger partial charge in [-0.1, -0.05) is 19.9 Å². The third kappa shape index (κ3) is 5.08. The van der Waals surface area contributed by atoms with E-state index in [4.69, 9.17) is 0 Å². The molecule has 1 atom stereocenters. The van der Waals surface area contributed by atoms with Crippen molar-refractivity contribution in [1.82, 2.24) is 19.7 Å². The number of hydrogen-bond donors (Lipinski definition) is 2. The third-order valence-corrected chi connectivity index (χ3v) is 5.64. The zero-order valence-electron chi connectivity index (χ0n) is 19.4. The maximum absolute atomic E-state index is 12.5. The Morgan fingerprint density at radius 1 is 1.24 bits per heavy atom. The second kappa shape index (κ2) is 9.62. The van der Waals surface area contributed by atoms with Crippen LogP contribution in [0.1, 0.15) is 30.7 Å². The minimum Gasteiger partial charge on any atom is -0.417 e. The van der Waals surface area contributed by atoms with Gasteiger partial charge >= 0.3 is 6.61 Å². The number of aryl methyl sites for hydroxylation is 1. The molecule has 3 aromatic heterocycles. The van der Waals surface area contributed by atoms with E-state index < -0.39 is 6.61 Å². The van der Waals surface area contributed by atoms with Crippen LogP contribution in [0.3, 0.4) is 0 Å². The first kappa shape index (κ1) is 23.4. The molecular formula is C23H27F2N7O2. The van der Waals surface area contributed by atoms with Crippen molar-refractivity contribution in [2.75, 3.05) is 22.6 Å². The second-order valence-electron chi connectivity index (χ2n) is 8.56. The molecule has 0 spiro atoms. The second-order valence-corrected chi connectivity index (χ2v) is 8.56. The molecule has 34 heavy (non-hydrogen) atoms. The number of aromatic nitrogens is 4. The van der Waals surface area contributed by atoms with Crippen LogP contribution in [0.15, 0.2) is 36.8 Å². The fourth-order valence-corrected chi connectivity index (χ4v) is 4.08. The molecule has 4 heterocycles. The molecule has 1 aliphatic rings. The van der Waals surface area contributed by atoms with Crippen LogP contribution in [0, 0.1) is 12.8 Å². The summed E-state index contributed by atoms with van der Waals surface area (Å²) in [6.45, 7) is 3.98. The SMILES string of the molecule is Cc1nc(NCc2cnn(Cc3ccc(OC(F)F)nc3)c2)cc2c1NC(=O)C(C(C)C)N2C. The number of rotatable bonds is 8. The first-order valence-corrected chi connectivity index (χ1v) is 10.9. The lowest BCUT2D eigenvalue weighted by Crippen LogP contribution is -2.49. The summed E-state index contributed by atoms with van der Waals surface area (Å²) in [6, 6.07) is 4.77. The number of alkyl halides is 2. The Morgan fingerprint density at radius 3 is 2.71 bits per heavy atom. The Kier molecular flexibility index (Phi) is 6.62. The van der Waals surface area contributed by atoms with Crippen molar-refractivity contribution in [3.05, 3.63) is 53.6 Å². The fourth-order valence-electron chi connectivity index (χ4n) is 4.08. The van der Waals surface area contributed by atoms with E-state index in [-0.39, 0.29) is 23.7 Å². The van der Waals surface area contributed by atoms with Gasteiger partial charge in [0, 0.05) is 43.7 Å². The van der Waals surface area contributed by atoms with Crippen molar-refractivity contribution >= 4 is 23.1 Å². The van der Waals surface area contributed by atoms with E-state index in [0.29, 0.717) is 18.9 Å². The molecule has 180 valence electrons. The van der Waals surface area contributed by atoms with Crippen LogP contribution in [0.25, 0.3) is 0 Å². The van der Waals surface area contributed by atoms with Gasteiger partial charge in [-0.3, -0.25) is 9.48 Å². The van der Waals surface area contributed by atoms with Gasteiger partial charge in [-0.05, 0) is 18.4 Å². The predicted octanol–water partition coefficient (Wildman–Crippen LogP) is 3.66. The molecule has 11 heteroatoms. The Bertz CT molecular complexity index is 1160. The average Bonchev–Trinajstić information content (AvgIpc) is 3.21. The molecule has 0 radical (unpaired) electrons. The molecule has 0 bridgehead atoms. The Morgan fingerprint density at radius 2 is 2.03 bits per heavy atom. The summed E-state index contributed by atoms with van der Waals surface area (Å²) < 4.78 is 30.5. The summed E-state index contributed by atoms with van der Waals surface area (Å²) in [4.78, 5) is 23.0. The lowest BCUT2D eigenvalue weighted by molar-refractivity contribution is -0.118. The number of anilines is 3. The van der Waals surface area contributed by atoms with Gasteiger partial charge in [0.2, 0.25) is 11.8 Å². The molecular weight excluding hydrogens is 444 g/mol. The monoisotopic (exact) mass is 471 g/mol. The molecule has 0 aliphatic carbocycles. The van der Waals surface area contributed by atoms with Gasteiger partial charge in [0.25, 0.3) is 0 Å². The lowest BCUT2D eigenvalue weighted by Gasteiger charge is -2.38. The van der Waals surface area contributed by atoms with Crippen LogP contribution in [-0.4, -0.2) is 45.4 Å². The average molecular weight is 472 g/mol. The topological polar surface area (TPSA) is 97.2 Å². The van der Waals surface area contributed by atoms with E-state index in [9.17, 15) is 13.6 Å². The predicted molar refractivity (Wildman–Crippen MR) is 124 cm³/mol. The highest BCUT2D eigenvalue weighted by atomic mass is 19.3. The zero-order valence-corrected chi connectivity index (χ0v) is 19.4. The molecule has 1 amide bonds. The summed E-state index contributed by atoms with van der Waals surface area (Å²) in [7, 11) is 1.93. The van der Waals surface area contributed by atoms with Gasteiger partial charge in [-0.15, -0.1) is 0 Å². The smallest absolute Gasteiger partial charge is 0.388 e. The molecule has 0 saturated heterocycles. The van der Waals surface area contributed by atoms with E-state index in [2.05, 4.69) is 30.4 Å². The van der Waals surface area contributed by atoms with E-state index >= 15 is 0 Å². The normalized spacial score (nSPS) is 15.5. The number of carbonyl (C=O) groups excluding carboxylic acids is 1. The third-order valence-electron chi connectivity index (χ3n) is 5.64. The molecule has 0 saturated carbocycles. The number of halogens is 2. The Balaban J connectivity index is 1.41. The number of fused-ring (bicyclic) bond motifs is 1. The molecule has 4 rings (SSSR count). The quantitative estimate of drug-likeness (QED) is 0.518. The molecule has 1 unspecified atom stereocenters. The van der Waals surface area contributed by atoms with Crippen LogP contribution < -0.4 is 20.3 Å². The minimum atomic E-state index is -2.90. The number of pyridine rings is 2. The molecule has 9 nitrogen and oxygen atoms in total. The van der Waals surface area contributed by atoms with Gasteiger partial charge in [0.15, 0.2) is 0 Å². The molecule has 0 aromatic carbocycles. The van der Waals surface area contributed by atoms with Crippen molar-refractivity contribution in [2.24, 2.45) is 5.92 Å². The first-order valence-electron chi connectivity index (χ1n) is 10.9. The number of ether oxygens (including phenoxy) is 1. The summed E-state index contributed by atoms with van der Waals surface area (Å²) in [5, 5.41) is 10.7. The van der Waals surface area contributed by atoms with Crippen molar-refractivity contribution in [2.45, 2.75) is 46.5 Å². The standard InChI is InChI=1S/C23H27F2N7O2/c1-13(2)21-22(33)30-20-14(3)29-18(7-17(20)31(21)4)26-9-16-10-28-32(12-16)11-15-5-6-19(27-8-15)34-23(24)25/h5-8,10,12-13,21,23H,9,11H2,1-4H3,(H,26,29)(H,30,33). The summed E-state index contributed by atoms with van der Waals surface area (Å²) >= 11 is 0. The fraction of sp³-hybridized carbons (Fsp3) is 0.391. The Hall–Kier alpha value is -3.76. The van der Waals surface area contributed by atoms with E-state index in [1.54, 1.807) is 16.9 Å². The van der Waals surface area contributed by atoms with Gasteiger partial charge < -0.3 is 20.3 Å². The summed E-state index contributed by atoms with van der Waals surface area (Å²) in [5.74, 6) is 0.724. The molecule has 0 fully saturated rings. The minimum absolute atomic E-state index is 0.0191. The summed E-state index contributed by atoms with van der Waals surface area (Å²) in [5.41, 5.74) is 4.16. The van der Waals surface area contributed by atoms with Crippen LogP contribution in [-0.2, 0) is 17.9 Å². The van der Waals surface area contributed by atoms with E-state index in [0.717, 1.165) is 28.2 Å². The Labute approximate surface area is 196 Å². The van der Waals surface area contributed by atoms with Crippen LogP contribution in [0.2, 0.25) is 0 Å².